The molecule has 1 saturated heterocycles. The number of benzene rings is 2. The van der Waals surface area contributed by atoms with Gasteiger partial charge < -0.3 is 9.64 Å². The number of halogens is 3. The molecule has 0 unspecified atom stereocenters. The van der Waals surface area contributed by atoms with Gasteiger partial charge in [0.15, 0.2) is 5.78 Å². The average Bonchev–Trinajstić information content (AvgIpc) is 2.61. The van der Waals surface area contributed by atoms with Crippen LogP contribution in [0.1, 0.15) is 27.0 Å². The second-order valence-corrected chi connectivity index (χ2v) is 6.45. The first-order valence-electron chi connectivity index (χ1n) is 8.47. The summed E-state index contributed by atoms with van der Waals surface area (Å²) >= 11 is 0. The molecule has 26 heavy (non-hydrogen) atoms. The zero-order valence-electron chi connectivity index (χ0n) is 14.5. The van der Waals surface area contributed by atoms with E-state index in [2.05, 4.69) is 0 Å². The van der Waals surface area contributed by atoms with E-state index >= 15 is 0 Å². The third kappa shape index (κ3) is 4.43. The van der Waals surface area contributed by atoms with Crippen molar-refractivity contribution in [2.45, 2.75) is 19.5 Å². The summed E-state index contributed by atoms with van der Waals surface area (Å²) in [6.45, 7) is 3.85. The Labute approximate surface area is 150 Å². The number of carbonyl (C=O) groups is 1. The standard InChI is InChI=1S/C20H20F3NO2/c1-14-3-2-4-15(9-14)10-19(25)16-11-17(20(21,22)23)13-18(12-16)24-5-7-26-8-6-24/h2-4,9,11-13H,5-8,10H2,1H3. The Bertz CT molecular complexity index is 796. The molecule has 1 aliphatic rings. The van der Waals surface area contributed by atoms with E-state index in [9.17, 15) is 18.0 Å². The minimum absolute atomic E-state index is 0.0749. The van der Waals surface area contributed by atoms with Crippen molar-refractivity contribution in [2.75, 3.05) is 31.2 Å². The topological polar surface area (TPSA) is 29.5 Å². The van der Waals surface area contributed by atoms with Gasteiger partial charge in [0.25, 0.3) is 0 Å². The highest BCUT2D eigenvalue weighted by molar-refractivity contribution is 5.98. The van der Waals surface area contributed by atoms with Crippen LogP contribution >= 0.6 is 0 Å². The first-order chi connectivity index (χ1) is 12.3. The Morgan fingerprint density at radius 2 is 1.85 bits per heavy atom. The highest BCUT2D eigenvalue weighted by Gasteiger charge is 2.32. The molecular weight excluding hydrogens is 343 g/mol. The molecule has 0 bridgehead atoms. The lowest BCUT2D eigenvalue weighted by atomic mass is 9.99. The van der Waals surface area contributed by atoms with Gasteiger partial charge in [-0.3, -0.25) is 4.79 Å². The van der Waals surface area contributed by atoms with Crippen LogP contribution in [0.3, 0.4) is 0 Å². The highest BCUT2D eigenvalue weighted by atomic mass is 19.4. The van der Waals surface area contributed by atoms with Gasteiger partial charge in [-0.05, 0) is 30.7 Å². The smallest absolute Gasteiger partial charge is 0.378 e. The molecule has 0 N–H and O–H groups in total. The number of hydrogen-bond acceptors (Lipinski definition) is 3. The first kappa shape index (κ1) is 18.5. The number of alkyl halides is 3. The SMILES string of the molecule is Cc1cccc(CC(=O)c2cc(N3CCOCC3)cc(C(F)(F)F)c2)c1. The fraction of sp³-hybridized carbons (Fsp3) is 0.350. The van der Waals surface area contributed by atoms with Crippen LogP contribution in [0.25, 0.3) is 0 Å². The summed E-state index contributed by atoms with van der Waals surface area (Å²) in [6.07, 6.45) is -4.42. The molecule has 1 aliphatic heterocycles. The third-order valence-electron chi connectivity index (χ3n) is 4.39. The van der Waals surface area contributed by atoms with Crippen LogP contribution in [0.5, 0.6) is 0 Å². The van der Waals surface area contributed by atoms with Crippen molar-refractivity contribution in [2.24, 2.45) is 0 Å². The van der Waals surface area contributed by atoms with Crippen LogP contribution in [-0.2, 0) is 17.3 Å². The summed E-state index contributed by atoms with van der Waals surface area (Å²) in [5.41, 5.74) is 1.50. The zero-order chi connectivity index (χ0) is 18.7. The van der Waals surface area contributed by atoms with Gasteiger partial charge in [0, 0.05) is 30.8 Å². The van der Waals surface area contributed by atoms with E-state index in [1.165, 1.54) is 0 Å². The molecule has 0 aliphatic carbocycles. The van der Waals surface area contributed by atoms with E-state index < -0.39 is 11.7 Å². The van der Waals surface area contributed by atoms with Crippen LogP contribution in [0.2, 0.25) is 0 Å². The van der Waals surface area contributed by atoms with E-state index in [0.717, 1.165) is 23.3 Å². The summed E-state index contributed by atoms with van der Waals surface area (Å²) in [6, 6.07) is 11.0. The summed E-state index contributed by atoms with van der Waals surface area (Å²) in [5, 5.41) is 0. The number of anilines is 1. The van der Waals surface area contributed by atoms with Crippen LogP contribution < -0.4 is 4.90 Å². The van der Waals surface area contributed by atoms with Crippen LogP contribution in [0, 0.1) is 6.92 Å². The fourth-order valence-corrected chi connectivity index (χ4v) is 3.05. The molecule has 0 atom stereocenters. The van der Waals surface area contributed by atoms with Crippen molar-refractivity contribution in [3.63, 3.8) is 0 Å². The molecule has 3 nitrogen and oxygen atoms in total. The Morgan fingerprint density at radius 3 is 2.50 bits per heavy atom. The van der Waals surface area contributed by atoms with Gasteiger partial charge >= 0.3 is 6.18 Å². The lowest BCUT2D eigenvalue weighted by Gasteiger charge is -2.29. The number of carbonyl (C=O) groups excluding carboxylic acids is 1. The van der Waals surface area contributed by atoms with Gasteiger partial charge in [-0.1, -0.05) is 29.8 Å². The maximum atomic E-state index is 13.3. The molecule has 2 aromatic rings. The summed E-state index contributed by atoms with van der Waals surface area (Å²) < 4.78 is 45.2. The van der Waals surface area contributed by atoms with Crippen molar-refractivity contribution >= 4 is 11.5 Å². The van der Waals surface area contributed by atoms with Crippen molar-refractivity contribution in [3.05, 3.63) is 64.7 Å². The molecule has 0 radical (unpaired) electrons. The number of ether oxygens (including phenoxy) is 1. The van der Waals surface area contributed by atoms with Crippen molar-refractivity contribution in [1.29, 1.82) is 0 Å². The Kier molecular flexibility index (Phi) is 5.32. The Balaban J connectivity index is 1.92. The monoisotopic (exact) mass is 363 g/mol. The number of nitrogens with zero attached hydrogens (tertiary/aromatic N) is 1. The lowest BCUT2D eigenvalue weighted by molar-refractivity contribution is -0.137. The molecule has 0 saturated carbocycles. The molecule has 0 aromatic heterocycles. The van der Waals surface area contributed by atoms with Gasteiger partial charge in [0.1, 0.15) is 0 Å². The molecule has 3 rings (SSSR count). The predicted molar refractivity (Wildman–Crippen MR) is 93.7 cm³/mol. The molecule has 2 aromatic carbocycles. The van der Waals surface area contributed by atoms with Crippen LogP contribution in [0.4, 0.5) is 18.9 Å². The number of hydrogen-bond donors (Lipinski definition) is 0. The van der Waals surface area contributed by atoms with Gasteiger partial charge in [0.2, 0.25) is 0 Å². The van der Waals surface area contributed by atoms with E-state index in [-0.39, 0.29) is 17.8 Å². The van der Waals surface area contributed by atoms with Gasteiger partial charge in [0.05, 0.1) is 18.8 Å². The zero-order valence-corrected chi connectivity index (χ0v) is 14.5. The van der Waals surface area contributed by atoms with Crippen molar-refractivity contribution < 1.29 is 22.7 Å². The van der Waals surface area contributed by atoms with E-state index in [4.69, 9.17) is 4.74 Å². The number of morpholine rings is 1. The van der Waals surface area contributed by atoms with Crippen LogP contribution in [-0.4, -0.2) is 32.1 Å². The van der Waals surface area contributed by atoms with E-state index in [1.54, 1.807) is 12.1 Å². The second kappa shape index (κ2) is 7.50. The predicted octanol–water partition coefficient (Wildman–Crippen LogP) is 4.28. The van der Waals surface area contributed by atoms with Crippen molar-refractivity contribution in [1.82, 2.24) is 0 Å². The van der Waals surface area contributed by atoms with Gasteiger partial charge in [-0.2, -0.15) is 13.2 Å². The number of rotatable bonds is 4. The number of Topliss-reactive ketones (excluding diaryl/α,β-unsaturated/α-hetero) is 1. The molecule has 1 heterocycles. The molecule has 0 spiro atoms. The molecule has 1 fully saturated rings. The quantitative estimate of drug-likeness (QED) is 0.760. The van der Waals surface area contributed by atoms with Crippen molar-refractivity contribution in [3.8, 4) is 0 Å². The fourth-order valence-electron chi connectivity index (χ4n) is 3.05. The normalized spacial score (nSPS) is 15.2. The van der Waals surface area contributed by atoms with Crippen LogP contribution in [0.15, 0.2) is 42.5 Å². The summed E-state index contributed by atoms with van der Waals surface area (Å²) in [7, 11) is 0. The molecule has 0 amide bonds. The maximum Gasteiger partial charge on any atom is 0.416 e. The minimum Gasteiger partial charge on any atom is -0.378 e. The van der Waals surface area contributed by atoms with E-state index in [1.807, 2.05) is 30.0 Å². The molecular formula is C20H20F3NO2. The summed E-state index contributed by atoms with van der Waals surface area (Å²) in [5.74, 6) is -0.323. The first-order valence-corrected chi connectivity index (χ1v) is 8.47. The molecule has 138 valence electrons. The highest BCUT2D eigenvalue weighted by Crippen LogP contribution is 2.33. The third-order valence-corrected chi connectivity index (χ3v) is 4.39. The second-order valence-electron chi connectivity index (χ2n) is 6.45. The molecule has 6 heteroatoms. The lowest BCUT2D eigenvalue weighted by Crippen LogP contribution is -2.36. The number of ketones is 1. The Hall–Kier alpha value is -2.34. The average molecular weight is 363 g/mol. The van der Waals surface area contributed by atoms with Gasteiger partial charge in [-0.15, -0.1) is 0 Å². The minimum atomic E-state index is -4.50. The largest absolute Gasteiger partial charge is 0.416 e. The van der Waals surface area contributed by atoms with Gasteiger partial charge in [-0.25, -0.2) is 0 Å². The maximum absolute atomic E-state index is 13.3. The van der Waals surface area contributed by atoms with E-state index in [0.29, 0.717) is 32.0 Å². The Morgan fingerprint density at radius 1 is 1.12 bits per heavy atom. The summed E-state index contributed by atoms with van der Waals surface area (Å²) in [4.78, 5) is 14.5. The number of aryl methyl sites for hydroxylation is 1.